The normalized spacial score (nSPS) is 25.7. The molecule has 1 unspecified atom stereocenters. The number of piperidine rings is 1. The summed E-state index contributed by atoms with van der Waals surface area (Å²) >= 11 is 2.00. The maximum atomic E-state index is 9.65. The number of hydrogen-bond donors (Lipinski definition) is 1. The van der Waals surface area contributed by atoms with Gasteiger partial charge in [0.2, 0.25) is 0 Å². The Hall–Kier alpha value is -0.900. The molecule has 1 saturated heterocycles. The molecular formula is C20H27NOS. The summed E-state index contributed by atoms with van der Waals surface area (Å²) in [5, 5.41) is 11.0. The summed E-state index contributed by atoms with van der Waals surface area (Å²) in [6.07, 6.45) is 9.07. The molecule has 2 fully saturated rings. The van der Waals surface area contributed by atoms with E-state index >= 15 is 0 Å². The summed E-state index contributed by atoms with van der Waals surface area (Å²) in [4.78, 5) is 4.30. The maximum absolute atomic E-state index is 9.65. The third kappa shape index (κ3) is 2.84. The Kier molecular flexibility index (Phi) is 4.44. The van der Waals surface area contributed by atoms with Gasteiger partial charge in [0, 0.05) is 22.7 Å². The van der Waals surface area contributed by atoms with Crippen molar-refractivity contribution in [2.45, 2.75) is 50.5 Å². The van der Waals surface area contributed by atoms with Gasteiger partial charge in [-0.05, 0) is 55.7 Å². The number of nitrogens with zero attached hydrogens (tertiary/aromatic N) is 1. The third-order valence-electron chi connectivity index (χ3n) is 5.95. The SMILES string of the molecule is OCC1CCCN(C2(c3cc4ccccc4s3)CCCCC2)C1. The Morgan fingerprint density at radius 1 is 1.13 bits per heavy atom. The van der Waals surface area contributed by atoms with Crippen LogP contribution in [0.5, 0.6) is 0 Å². The van der Waals surface area contributed by atoms with E-state index < -0.39 is 0 Å². The Balaban J connectivity index is 1.73. The lowest BCUT2D eigenvalue weighted by Gasteiger charge is -2.49. The smallest absolute Gasteiger partial charge is 0.0554 e. The van der Waals surface area contributed by atoms with Crippen LogP contribution in [0.15, 0.2) is 30.3 Å². The zero-order chi connectivity index (χ0) is 15.7. The fourth-order valence-corrected chi connectivity index (χ4v) is 6.01. The lowest BCUT2D eigenvalue weighted by Crippen LogP contribution is -2.51. The minimum atomic E-state index is 0.232. The fourth-order valence-electron chi connectivity index (χ4n) is 4.67. The molecule has 0 amide bonds. The van der Waals surface area contributed by atoms with E-state index in [-0.39, 0.29) is 5.54 Å². The second kappa shape index (κ2) is 6.54. The van der Waals surface area contributed by atoms with Crippen LogP contribution in [0.3, 0.4) is 0 Å². The molecule has 1 saturated carbocycles. The fraction of sp³-hybridized carbons (Fsp3) is 0.600. The van der Waals surface area contributed by atoms with Gasteiger partial charge in [-0.3, -0.25) is 4.90 Å². The molecule has 1 aliphatic heterocycles. The first-order valence-electron chi connectivity index (χ1n) is 9.17. The average molecular weight is 330 g/mol. The first-order valence-corrected chi connectivity index (χ1v) is 9.98. The van der Waals surface area contributed by atoms with Crippen LogP contribution < -0.4 is 0 Å². The van der Waals surface area contributed by atoms with Crippen molar-refractivity contribution in [2.75, 3.05) is 19.7 Å². The predicted octanol–water partition coefficient (Wildman–Crippen LogP) is 4.77. The highest BCUT2D eigenvalue weighted by Crippen LogP contribution is 2.47. The van der Waals surface area contributed by atoms with Gasteiger partial charge in [0.1, 0.15) is 0 Å². The molecule has 0 bridgehead atoms. The number of aliphatic hydroxyl groups is 1. The monoisotopic (exact) mass is 329 g/mol. The molecule has 4 rings (SSSR count). The van der Waals surface area contributed by atoms with Crippen LogP contribution in [0.25, 0.3) is 10.1 Å². The number of aliphatic hydroxyl groups excluding tert-OH is 1. The zero-order valence-corrected chi connectivity index (χ0v) is 14.7. The van der Waals surface area contributed by atoms with Crippen molar-refractivity contribution in [1.82, 2.24) is 4.90 Å². The molecule has 1 aliphatic carbocycles. The van der Waals surface area contributed by atoms with Crippen LogP contribution in [0.2, 0.25) is 0 Å². The number of fused-ring (bicyclic) bond motifs is 1. The van der Waals surface area contributed by atoms with Gasteiger partial charge < -0.3 is 5.11 Å². The summed E-state index contributed by atoms with van der Waals surface area (Å²) in [6, 6.07) is 11.3. The van der Waals surface area contributed by atoms with Crippen molar-refractivity contribution in [3.63, 3.8) is 0 Å². The van der Waals surface area contributed by atoms with Crippen LogP contribution in [-0.2, 0) is 5.54 Å². The van der Waals surface area contributed by atoms with Crippen molar-refractivity contribution in [3.8, 4) is 0 Å². The minimum Gasteiger partial charge on any atom is -0.396 e. The molecule has 0 spiro atoms. The van der Waals surface area contributed by atoms with E-state index in [1.165, 1.54) is 61.6 Å². The molecule has 1 aromatic carbocycles. The molecule has 2 aliphatic rings. The molecule has 2 heterocycles. The molecule has 124 valence electrons. The molecule has 2 aromatic rings. The molecule has 1 atom stereocenters. The summed E-state index contributed by atoms with van der Waals surface area (Å²) in [7, 11) is 0. The number of hydrogen-bond acceptors (Lipinski definition) is 3. The number of benzene rings is 1. The van der Waals surface area contributed by atoms with Crippen LogP contribution in [0.4, 0.5) is 0 Å². The van der Waals surface area contributed by atoms with Crippen LogP contribution in [0, 0.1) is 5.92 Å². The van der Waals surface area contributed by atoms with Gasteiger partial charge in [-0.15, -0.1) is 11.3 Å². The van der Waals surface area contributed by atoms with Crippen molar-refractivity contribution >= 4 is 21.4 Å². The van der Waals surface area contributed by atoms with Crippen LogP contribution >= 0.6 is 11.3 Å². The molecule has 0 radical (unpaired) electrons. The minimum absolute atomic E-state index is 0.232. The maximum Gasteiger partial charge on any atom is 0.0554 e. The van der Waals surface area contributed by atoms with Crippen LogP contribution in [0.1, 0.15) is 49.8 Å². The summed E-state index contributed by atoms with van der Waals surface area (Å²) < 4.78 is 1.42. The van der Waals surface area contributed by atoms with E-state index in [2.05, 4.69) is 35.2 Å². The van der Waals surface area contributed by atoms with E-state index in [1.54, 1.807) is 4.88 Å². The van der Waals surface area contributed by atoms with Gasteiger partial charge in [-0.1, -0.05) is 37.5 Å². The first kappa shape index (κ1) is 15.6. The highest BCUT2D eigenvalue weighted by atomic mass is 32.1. The second-order valence-corrected chi connectivity index (χ2v) is 8.46. The molecule has 2 nitrogen and oxygen atoms in total. The van der Waals surface area contributed by atoms with E-state index in [9.17, 15) is 5.11 Å². The Morgan fingerprint density at radius 2 is 1.96 bits per heavy atom. The van der Waals surface area contributed by atoms with Gasteiger partial charge in [0.25, 0.3) is 0 Å². The van der Waals surface area contributed by atoms with E-state index in [0.29, 0.717) is 12.5 Å². The molecule has 1 aromatic heterocycles. The lowest BCUT2D eigenvalue weighted by atomic mass is 9.77. The number of thiophene rings is 1. The summed E-state index contributed by atoms with van der Waals surface area (Å²) in [5.74, 6) is 0.469. The van der Waals surface area contributed by atoms with Gasteiger partial charge >= 0.3 is 0 Å². The van der Waals surface area contributed by atoms with Crippen molar-refractivity contribution in [1.29, 1.82) is 0 Å². The summed E-state index contributed by atoms with van der Waals surface area (Å²) in [5.41, 5.74) is 0.232. The Labute approximate surface area is 143 Å². The quantitative estimate of drug-likeness (QED) is 0.877. The zero-order valence-electron chi connectivity index (χ0n) is 13.8. The van der Waals surface area contributed by atoms with Crippen molar-refractivity contribution in [2.24, 2.45) is 5.92 Å². The molecule has 1 N–H and O–H groups in total. The Morgan fingerprint density at radius 3 is 2.74 bits per heavy atom. The topological polar surface area (TPSA) is 23.5 Å². The van der Waals surface area contributed by atoms with Crippen molar-refractivity contribution < 1.29 is 5.11 Å². The first-order chi connectivity index (χ1) is 11.3. The second-order valence-electron chi connectivity index (χ2n) is 7.38. The number of likely N-dealkylation sites (tertiary alicyclic amines) is 1. The standard InChI is InChI=1S/C20H27NOS/c22-15-16-7-6-12-21(14-16)20(10-4-1-5-11-20)19-13-17-8-2-3-9-18(17)23-19/h2-3,8-9,13,16,22H,1,4-7,10-12,14-15H2. The third-order valence-corrected chi connectivity index (χ3v) is 7.26. The molecule has 3 heteroatoms. The van der Waals surface area contributed by atoms with Gasteiger partial charge in [-0.25, -0.2) is 0 Å². The van der Waals surface area contributed by atoms with Gasteiger partial charge in [-0.2, -0.15) is 0 Å². The largest absolute Gasteiger partial charge is 0.396 e. The molecule has 23 heavy (non-hydrogen) atoms. The lowest BCUT2D eigenvalue weighted by molar-refractivity contribution is 0.00196. The molecular weight excluding hydrogens is 302 g/mol. The highest BCUT2D eigenvalue weighted by Gasteiger charge is 2.42. The van der Waals surface area contributed by atoms with Crippen LogP contribution in [-0.4, -0.2) is 29.7 Å². The van der Waals surface area contributed by atoms with E-state index in [1.807, 2.05) is 11.3 Å². The highest BCUT2D eigenvalue weighted by molar-refractivity contribution is 7.19. The van der Waals surface area contributed by atoms with Gasteiger partial charge in [0.05, 0.1) is 5.54 Å². The van der Waals surface area contributed by atoms with Gasteiger partial charge in [0.15, 0.2) is 0 Å². The average Bonchev–Trinajstić information content (AvgIpc) is 3.07. The Bertz CT molecular complexity index is 625. The van der Waals surface area contributed by atoms with Crippen molar-refractivity contribution in [3.05, 3.63) is 35.2 Å². The number of rotatable bonds is 3. The van der Waals surface area contributed by atoms with E-state index in [0.717, 1.165) is 6.54 Å². The van der Waals surface area contributed by atoms with E-state index in [4.69, 9.17) is 0 Å². The predicted molar refractivity (Wildman–Crippen MR) is 98.0 cm³/mol. The summed E-state index contributed by atoms with van der Waals surface area (Å²) in [6.45, 7) is 2.62.